The third-order valence-corrected chi connectivity index (χ3v) is 4.24. The third kappa shape index (κ3) is 3.06. The summed E-state index contributed by atoms with van der Waals surface area (Å²) < 4.78 is 0. The minimum atomic E-state index is -0.511. The molecule has 3 atom stereocenters. The highest BCUT2D eigenvalue weighted by atomic mass is 16.3. The van der Waals surface area contributed by atoms with Crippen LogP contribution in [0.5, 0.6) is 0 Å². The van der Waals surface area contributed by atoms with E-state index in [0.717, 1.165) is 42.9 Å². The summed E-state index contributed by atoms with van der Waals surface area (Å²) in [7, 11) is 0. The first-order valence-electron chi connectivity index (χ1n) is 6.62. The topological polar surface area (TPSA) is 33.1 Å². The van der Waals surface area contributed by atoms with Gasteiger partial charge in [0.15, 0.2) is 0 Å². The SMILES string of the molecule is Cc1ccc(C[C@@]2(O)CCC(C)C(C)C2)cn1. The predicted molar refractivity (Wildman–Crippen MR) is 69.8 cm³/mol. The number of aryl methyl sites for hydroxylation is 1. The zero-order valence-corrected chi connectivity index (χ0v) is 11.1. The molecule has 2 unspecified atom stereocenters. The molecule has 0 amide bonds. The summed E-state index contributed by atoms with van der Waals surface area (Å²) in [6.45, 7) is 6.53. The Morgan fingerprint density at radius 3 is 2.71 bits per heavy atom. The molecule has 1 saturated carbocycles. The largest absolute Gasteiger partial charge is 0.390 e. The molecule has 0 radical (unpaired) electrons. The van der Waals surface area contributed by atoms with Crippen molar-refractivity contribution in [3.05, 3.63) is 29.6 Å². The molecule has 94 valence electrons. The van der Waals surface area contributed by atoms with Crippen molar-refractivity contribution < 1.29 is 5.11 Å². The first-order chi connectivity index (χ1) is 7.98. The number of hydrogen-bond acceptors (Lipinski definition) is 2. The van der Waals surface area contributed by atoms with Crippen LogP contribution in [0, 0.1) is 18.8 Å². The molecule has 0 bridgehead atoms. The molecule has 0 aliphatic heterocycles. The van der Waals surface area contributed by atoms with Crippen LogP contribution in [-0.2, 0) is 6.42 Å². The molecular weight excluding hydrogens is 210 g/mol. The van der Waals surface area contributed by atoms with Gasteiger partial charge >= 0.3 is 0 Å². The molecule has 0 saturated heterocycles. The molecule has 17 heavy (non-hydrogen) atoms. The van der Waals surface area contributed by atoms with Gasteiger partial charge in [0.1, 0.15) is 0 Å². The fourth-order valence-corrected chi connectivity index (χ4v) is 2.83. The Kier molecular flexibility index (Phi) is 3.53. The molecule has 1 aliphatic carbocycles. The average molecular weight is 233 g/mol. The number of nitrogens with zero attached hydrogens (tertiary/aromatic N) is 1. The lowest BCUT2D eigenvalue weighted by molar-refractivity contribution is -0.0280. The summed E-state index contributed by atoms with van der Waals surface area (Å²) >= 11 is 0. The summed E-state index contributed by atoms with van der Waals surface area (Å²) in [4.78, 5) is 4.30. The van der Waals surface area contributed by atoms with Gasteiger partial charge in [0.25, 0.3) is 0 Å². The van der Waals surface area contributed by atoms with Gasteiger partial charge in [-0.1, -0.05) is 19.9 Å². The van der Waals surface area contributed by atoms with E-state index in [9.17, 15) is 5.11 Å². The Labute approximate surface area is 104 Å². The van der Waals surface area contributed by atoms with Crippen molar-refractivity contribution in [3.63, 3.8) is 0 Å². The van der Waals surface area contributed by atoms with Gasteiger partial charge in [0.2, 0.25) is 0 Å². The van der Waals surface area contributed by atoms with Crippen LogP contribution >= 0.6 is 0 Å². The lowest BCUT2D eigenvalue weighted by atomic mass is 9.71. The van der Waals surface area contributed by atoms with E-state index in [1.54, 1.807) is 0 Å². The highest BCUT2D eigenvalue weighted by Crippen LogP contribution is 2.37. The number of aliphatic hydroxyl groups is 1. The fraction of sp³-hybridized carbons (Fsp3) is 0.667. The van der Waals surface area contributed by atoms with Gasteiger partial charge in [-0.25, -0.2) is 0 Å². The van der Waals surface area contributed by atoms with Gasteiger partial charge in [-0.05, 0) is 49.7 Å². The van der Waals surface area contributed by atoms with Crippen LogP contribution in [0.3, 0.4) is 0 Å². The summed E-state index contributed by atoms with van der Waals surface area (Å²) in [5.74, 6) is 1.36. The molecule has 1 heterocycles. The highest BCUT2D eigenvalue weighted by Gasteiger charge is 2.35. The van der Waals surface area contributed by atoms with Crippen molar-refractivity contribution >= 4 is 0 Å². The van der Waals surface area contributed by atoms with Crippen LogP contribution in [0.2, 0.25) is 0 Å². The molecule has 1 aliphatic rings. The minimum Gasteiger partial charge on any atom is -0.390 e. The fourth-order valence-electron chi connectivity index (χ4n) is 2.83. The molecule has 0 aromatic carbocycles. The summed E-state index contributed by atoms with van der Waals surface area (Å²) in [5, 5.41) is 10.7. The average Bonchev–Trinajstić information content (AvgIpc) is 2.28. The molecule has 1 aromatic rings. The summed E-state index contributed by atoms with van der Waals surface area (Å²) in [6.07, 6.45) is 5.62. The van der Waals surface area contributed by atoms with Crippen LogP contribution in [0.4, 0.5) is 0 Å². The van der Waals surface area contributed by atoms with E-state index in [1.807, 2.05) is 19.2 Å². The van der Waals surface area contributed by atoms with Crippen molar-refractivity contribution in [2.24, 2.45) is 11.8 Å². The van der Waals surface area contributed by atoms with E-state index in [2.05, 4.69) is 24.9 Å². The van der Waals surface area contributed by atoms with Crippen molar-refractivity contribution in [2.45, 2.75) is 52.1 Å². The van der Waals surface area contributed by atoms with E-state index < -0.39 is 5.60 Å². The van der Waals surface area contributed by atoms with E-state index in [4.69, 9.17) is 0 Å². The van der Waals surface area contributed by atoms with Crippen LogP contribution < -0.4 is 0 Å². The summed E-state index contributed by atoms with van der Waals surface area (Å²) in [5.41, 5.74) is 1.68. The zero-order chi connectivity index (χ0) is 12.5. The minimum absolute atomic E-state index is 0.511. The Balaban J connectivity index is 2.05. The van der Waals surface area contributed by atoms with Gasteiger partial charge in [-0.15, -0.1) is 0 Å². The van der Waals surface area contributed by atoms with E-state index in [1.165, 1.54) is 0 Å². The number of aromatic nitrogens is 1. The van der Waals surface area contributed by atoms with Gasteiger partial charge < -0.3 is 5.11 Å². The molecule has 1 fully saturated rings. The maximum Gasteiger partial charge on any atom is 0.0691 e. The van der Waals surface area contributed by atoms with Crippen LogP contribution in [-0.4, -0.2) is 15.7 Å². The van der Waals surface area contributed by atoms with Gasteiger partial charge in [-0.2, -0.15) is 0 Å². The lowest BCUT2D eigenvalue weighted by Gasteiger charge is -2.39. The lowest BCUT2D eigenvalue weighted by Crippen LogP contribution is -2.39. The van der Waals surface area contributed by atoms with Gasteiger partial charge in [0, 0.05) is 18.3 Å². The van der Waals surface area contributed by atoms with Crippen molar-refractivity contribution in [1.82, 2.24) is 4.98 Å². The van der Waals surface area contributed by atoms with Crippen LogP contribution in [0.1, 0.15) is 44.4 Å². The normalized spacial score (nSPS) is 33.6. The molecule has 2 rings (SSSR count). The number of hydrogen-bond donors (Lipinski definition) is 1. The first-order valence-corrected chi connectivity index (χ1v) is 6.62. The Morgan fingerprint density at radius 1 is 1.35 bits per heavy atom. The van der Waals surface area contributed by atoms with Crippen molar-refractivity contribution in [1.29, 1.82) is 0 Å². The van der Waals surface area contributed by atoms with Gasteiger partial charge in [-0.3, -0.25) is 4.98 Å². The second-order valence-electron chi connectivity index (χ2n) is 5.91. The third-order valence-electron chi connectivity index (χ3n) is 4.24. The molecule has 0 spiro atoms. The maximum atomic E-state index is 10.7. The van der Waals surface area contributed by atoms with E-state index >= 15 is 0 Å². The Bertz CT molecular complexity index is 373. The quantitative estimate of drug-likeness (QED) is 0.851. The van der Waals surface area contributed by atoms with Gasteiger partial charge in [0.05, 0.1) is 5.60 Å². The van der Waals surface area contributed by atoms with Crippen molar-refractivity contribution in [2.75, 3.05) is 0 Å². The van der Waals surface area contributed by atoms with Crippen LogP contribution in [0.15, 0.2) is 18.3 Å². The molecular formula is C15H23NO. The zero-order valence-electron chi connectivity index (χ0n) is 11.1. The Morgan fingerprint density at radius 2 is 2.12 bits per heavy atom. The smallest absolute Gasteiger partial charge is 0.0691 e. The second kappa shape index (κ2) is 4.77. The maximum absolute atomic E-state index is 10.7. The molecule has 2 nitrogen and oxygen atoms in total. The number of rotatable bonds is 2. The summed E-state index contributed by atoms with van der Waals surface area (Å²) in [6, 6.07) is 4.11. The van der Waals surface area contributed by atoms with Crippen molar-refractivity contribution in [3.8, 4) is 0 Å². The molecule has 1 aromatic heterocycles. The number of pyridine rings is 1. The predicted octanol–water partition coefficient (Wildman–Crippen LogP) is 3.12. The Hall–Kier alpha value is -0.890. The molecule has 2 heteroatoms. The standard InChI is InChI=1S/C15H23NO/c1-11-6-7-15(17,8-12(11)2)9-14-5-4-13(3)16-10-14/h4-5,10-12,17H,6-9H2,1-3H3/t11?,12?,15-/m1/s1. The van der Waals surface area contributed by atoms with E-state index in [0.29, 0.717) is 5.92 Å². The van der Waals surface area contributed by atoms with Crippen LogP contribution in [0.25, 0.3) is 0 Å². The molecule has 1 N–H and O–H groups in total. The van der Waals surface area contributed by atoms with E-state index in [-0.39, 0.29) is 0 Å². The monoisotopic (exact) mass is 233 g/mol. The highest BCUT2D eigenvalue weighted by molar-refractivity contribution is 5.16. The first kappa shape index (κ1) is 12.6. The second-order valence-corrected chi connectivity index (χ2v) is 5.91.